The summed E-state index contributed by atoms with van der Waals surface area (Å²) >= 11 is 0. The molecule has 2 atom stereocenters. The van der Waals surface area contributed by atoms with Crippen LogP contribution in [-0.4, -0.2) is 44.4 Å². The highest BCUT2D eigenvalue weighted by Gasteiger charge is 2.32. The molecule has 0 radical (unpaired) electrons. The average Bonchev–Trinajstić information content (AvgIpc) is 3.47. The Hall–Kier alpha value is -2.34. The summed E-state index contributed by atoms with van der Waals surface area (Å²) in [5.41, 5.74) is 2.23. The van der Waals surface area contributed by atoms with E-state index >= 15 is 0 Å². The number of benzene rings is 2. The van der Waals surface area contributed by atoms with Crippen molar-refractivity contribution in [1.82, 2.24) is 0 Å². The van der Waals surface area contributed by atoms with Crippen LogP contribution in [-0.2, 0) is 14.2 Å². The number of ether oxygens (including phenoxy) is 5. The number of rotatable bonds is 8. The zero-order valence-electron chi connectivity index (χ0n) is 16.3. The molecule has 148 valence electrons. The highest BCUT2D eigenvalue weighted by Crippen LogP contribution is 2.23. The minimum Gasteiger partial charge on any atom is -0.491 e. The fourth-order valence-electron chi connectivity index (χ4n) is 2.93. The molecular weight excluding hydrogens is 356 g/mol. The maximum Gasteiger partial charge on any atom is 0.163 e. The summed E-state index contributed by atoms with van der Waals surface area (Å²) in [6.07, 6.45) is 4.40. The van der Waals surface area contributed by atoms with Crippen molar-refractivity contribution in [2.24, 2.45) is 0 Å². The van der Waals surface area contributed by atoms with E-state index in [1.807, 2.05) is 62.4 Å². The van der Waals surface area contributed by atoms with Crippen LogP contribution in [0.4, 0.5) is 0 Å². The lowest BCUT2D eigenvalue weighted by atomic mass is 10.1. The van der Waals surface area contributed by atoms with Gasteiger partial charge in [-0.3, -0.25) is 0 Å². The molecule has 4 rings (SSSR count). The molecule has 2 aromatic carbocycles. The Morgan fingerprint density at radius 2 is 1.32 bits per heavy atom. The number of hydrogen-bond donors (Lipinski definition) is 0. The van der Waals surface area contributed by atoms with Gasteiger partial charge in [-0.15, -0.1) is 0 Å². The summed E-state index contributed by atoms with van der Waals surface area (Å²) in [5, 5.41) is 0. The highest BCUT2D eigenvalue weighted by molar-refractivity contribution is 5.70. The maximum atomic E-state index is 5.81. The molecule has 2 aromatic rings. The van der Waals surface area contributed by atoms with Crippen molar-refractivity contribution in [3.8, 4) is 11.5 Å². The van der Waals surface area contributed by atoms with E-state index in [4.69, 9.17) is 23.7 Å². The van der Waals surface area contributed by atoms with Gasteiger partial charge >= 0.3 is 0 Å². The van der Waals surface area contributed by atoms with Crippen LogP contribution in [0.5, 0.6) is 11.5 Å². The van der Waals surface area contributed by atoms with Crippen LogP contribution < -0.4 is 9.47 Å². The quantitative estimate of drug-likeness (QED) is 0.507. The first-order valence-electron chi connectivity index (χ1n) is 9.63. The van der Waals surface area contributed by atoms with Crippen LogP contribution in [0.15, 0.2) is 48.5 Å². The van der Waals surface area contributed by atoms with Crippen LogP contribution in [0.2, 0.25) is 0 Å². The minimum atomic E-state index is -0.515. The van der Waals surface area contributed by atoms with E-state index in [1.54, 1.807) is 0 Å². The van der Waals surface area contributed by atoms with Gasteiger partial charge in [-0.2, -0.15) is 0 Å². The Kier molecular flexibility index (Phi) is 5.67. The van der Waals surface area contributed by atoms with E-state index in [2.05, 4.69) is 12.2 Å². The summed E-state index contributed by atoms with van der Waals surface area (Å²) in [6, 6.07) is 16.1. The Balaban J connectivity index is 1.25. The summed E-state index contributed by atoms with van der Waals surface area (Å²) in [7, 11) is 0. The molecule has 2 aliphatic heterocycles. The monoisotopic (exact) mass is 382 g/mol. The Morgan fingerprint density at radius 1 is 0.821 bits per heavy atom. The minimum absolute atomic E-state index is 0.0293. The lowest BCUT2D eigenvalue weighted by Crippen LogP contribution is -2.25. The Bertz CT molecular complexity index is 791. The first-order valence-corrected chi connectivity index (χ1v) is 9.63. The zero-order valence-corrected chi connectivity index (χ0v) is 16.3. The molecule has 0 spiro atoms. The van der Waals surface area contributed by atoms with E-state index in [0.29, 0.717) is 19.8 Å². The summed E-state index contributed by atoms with van der Waals surface area (Å²) in [4.78, 5) is 0. The van der Waals surface area contributed by atoms with E-state index in [0.717, 1.165) is 29.2 Å². The van der Waals surface area contributed by atoms with Crippen molar-refractivity contribution in [2.45, 2.75) is 31.8 Å². The summed E-state index contributed by atoms with van der Waals surface area (Å²) in [6.45, 7) is 6.31. The third-order valence-corrected chi connectivity index (χ3v) is 4.57. The topological polar surface area (TPSA) is 49.5 Å². The third kappa shape index (κ3) is 5.58. The molecule has 28 heavy (non-hydrogen) atoms. The van der Waals surface area contributed by atoms with Gasteiger partial charge in [-0.1, -0.05) is 36.4 Å². The molecule has 0 aromatic heterocycles. The smallest absolute Gasteiger partial charge is 0.163 e. The molecular formula is C23H26O5. The molecule has 2 fully saturated rings. The fourth-order valence-corrected chi connectivity index (χ4v) is 2.93. The van der Waals surface area contributed by atoms with Gasteiger partial charge in [0.05, 0.1) is 13.2 Å². The number of hydrogen-bond acceptors (Lipinski definition) is 5. The first-order chi connectivity index (χ1) is 13.6. The van der Waals surface area contributed by atoms with Gasteiger partial charge in [0.2, 0.25) is 0 Å². The molecule has 0 N–H and O–H groups in total. The maximum absolute atomic E-state index is 5.81. The van der Waals surface area contributed by atoms with Gasteiger partial charge in [0.25, 0.3) is 0 Å². The second-order valence-corrected chi connectivity index (χ2v) is 7.50. The van der Waals surface area contributed by atoms with Gasteiger partial charge in [0.1, 0.15) is 36.9 Å². The largest absolute Gasteiger partial charge is 0.491 e. The molecule has 5 nitrogen and oxygen atoms in total. The molecule has 2 heterocycles. The number of epoxide rings is 1. The molecule has 5 heteroatoms. The molecule has 0 unspecified atom stereocenters. The first kappa shape index (κ1) is 19.0. The van der Waals surface area contributed by atoms with E-state index in [1.165, 1.54) is 0 Å². The average molecular weight is 382 g/mol. The molecule has 0 amide bonds. The highest BCUT2D eigenvalue weighted by atomic mass is 16.7. The van der Waals surface area contributed by atoms with E-state index in [-0.39, 0.29) is 12.2 Å². The molecule has 0 aliphatic carbocycles. The molecule has 2 aliphatic rings. The zero-order chi connectivity index (χ0) is 19.4. The molecule has 0 bridgehead atoms. The van der Waals surface area contributed by atoms with Crippen LogP contribution in [0.25, 0.3) is 12.2 Å². The Labute approximate surface area is 165 Å². The lowest BCUT2D eigenvalue weighted by molar-refractivity contribution is -0.141. The second-order valence-electron chi connectivity index (χ2n) is 7.50. The predicted molar refractivity (Wildman–Crippen MR) is 107 cm³/mol. The SMILES string of the molecule is CC1(C)OC[C@H](COc2ccc(/C=C/c3ccc(OC[C@H]4CO4)cc3)cc2)O1. The van der Waals surface area contributed by atoms with Crippen LogP contribution in [0, 0.1) is 0 Å². The standard InChI is InChI=1S/C23H26O5/c1-23(2)27-16-22(28-23)15-25-20-11-7-18(8-12-20)4-3-17-5-9-19(10-6-17)24-13-21-14-26-21/h3-12,21-22H,13-16H2,1-2H3/b4-3+/t21-,22-/m0/s1. The van der Waals surface area contributed by atoms with Crippen molar-refractivity contribution >= 4 is 12.2 Å². The van der Waals surface area contributed by atoms with Crippen molar-refractivity contribution < 1.29 is 23.7 Å². The van der Waals surface area contributed by atoms with Crippen LogP contribution in [0.3, 0.4) is 0 Å². The van der Waals surface area contributed by atoms with Crippen LogP contribution >= 0.6 is 0 Å². The van der Waals surface area contributed by atoms with Crippen molar-refractivity contribution in [2.75, 3.05) is 26.4 Å². The van der Waals surface area contributed by atoms with Crippen molar-refractivity contribution in [3.05, 3.63) is 59.7 Å². The van der Waals surface area contributed by atoms with Gasteiger partial charge in [0.15, 0.2) is 5.79 Å². The normalized spacial score (nSPS) is 23.1. The third-order valence-electron chi connectivity index (χ3n) is 4.57. The van der Waals surface area contributed by atoms with Crippen molar-refractivity contribution in [3.63, 3.8) is 0 Å². The van der Waals surface area contributed by atoms with E-state index in [9.17, 15) is 0 Å². The lowest BCUT2D eigenvalue weighted by Gasteiger charge is -2.17. The fraction of sp³-hybridized carbons (Fsp3) is 0.391. The van der Waals surface area contributed by atoms with Gasteiger partial charge in [0, 0.05) is 0 Å². The van der Waals surface area contributed by atoms with Crippen molar-refractivity contribution in [1.29, 1.82) is 0 Å². The molecule has 2 saturated heterocycles. The predicted octanol–water partition coefficient (Wildman–Crippen LogP) is 4.16. The Morgan fingerprint density at radius 3 is 1.75 bits per heavy atom. The summed E-state index contributed by atoms with van der Waals surface area (Å²) < 4.78 is 27.9. The van der Waals surface area contributed by atoms with Gasteiger partial charge < -0.3 is 23.7 Å². The van der Waals surface area contributed by atoms with Crippen LogP contribution in [0.1, 0.15) is 25.0 Å². The van der Waals surface area contributed by atoms with Gasteiger partial charge in [-0.25, -0.2) is 0 Å². The van der Waals surface area contributed by atoms with Gasteiger partial charge in [-0.05, 0) is 49.2 Å². The second kappa shape index (κ2) is 8.35. The molecule has 0 saturated carbocycles. The summed E-state index contributed by atoms with van der Waals surface area (Å²) in [5.74, 6) is 1.18. The van der Waals surface area contributed by atoms with E-state index < -0.39 is 5.79 Å².